The Morgan fingerprint density at radius 3 is 2.48 bits per heavy atom. The maximum absolute atomic E-state index is 12.1. The van der Waals surface area contributed by atoms with Gasteiger partial charge in [-0.05, 0) is 0 Å². The first-order valence-corrected chi connectivity index (χ1v) is 6.68. The Morgan fingerprint density at radius 2 is 1.95 bits per heavy atom. The largest absolute Gasteiger partial charge is 0.354 e. The number of amides is 2. The third-order valence-electron chi connectivity index (χ3n) is 2.97. The van der Waals surface area contributed by atoms with Crippen LogP contribution in [-0.2, 0) is 14.9 Å². The molecule has 1 aromatic heterocycles. The molecule has 0 radical (unpaired) electrons. The number of carbonyl (C=O) groups is 1. The number of hydrogen-bond acceptors (Lipinski definition) is 5. The molecule has 0 aromatic carbocycles. The number of aromatic nitrogens is 2. The number of rotatable bonds is 5. The molecule has 118 valence electrons. The van der Waals surface area contributed by atoms with Crippen molar-refractivity contribution in [2.75, 3.05) is 33.1 Å². The minimum atomic E-state index is -0.462. The number of methoxy groups -OCH3 is 2. The molecule has 0 saturated carbocycles. The third kappa shape index (κ3) is 5.28. The first-order chi connectivity index (χ1) is 9.77. The van der Waals surface area contributed by atoms with E-state index in [4.69, 9.17) is 9.47 Å². The molecule has 0 spiro atoms. The molecule has 0 aliphatic carbocycles. The van der Waals surface area contributed by atoms with Gasteiger partial charge in [0.15, 0.2) is 6.29 Å². The van der Waals surface area contributed by atoms with Crippen molar-refractivity contribution in [1.82, 2.24) is 14.9 Å². The molecular formula is C14H24N4O3. The average Bonchev–Trinajstić information content (AvgIpc) is 2.43. The molecule has 1 aromatic rings. The Morgan fingerprint density at radius 1 is 1.33 bits per heavy atom. The molecule has 0 aliphatic heterocycles. The van der Waals surface area contributed by atoms with Crippen molar-refractivity contribution in [1.29, 1.82) is 0 Å². The highest BCUT2D eigenvalue weighted by Crippen LogP contribution is 2.21. The van der Waals surface area contributed by atoms with Crippen LogP contribution in [0.5, 0.6) is 0 Å². The van der Waals surface area contributed by atoms with Gasteiger partial charge in [-0.15, -0.1) is 0 Å². The van der Waals surface area contributed by atoms with E-state index in [-0.39, 0.29) is 11.4 Å². The minimum absolute atomic E-state index is 0.106. The smallest absolute Gasteiger partial charge is 0.322 e. The van der Waals surface area contributed by atoms with E-state index in [0.29, 0.717) is 12.4 Å². The molecule has 0 unspecified atom stereocenters. The van der Waals surface area contributed by atoms with Gasteiger partial charge in [-0.25, -0.2) is 14.8 Å². The van der Waals surface area contributed by atoms with E-state index in [1.54, 1.807) is 13.1 Å². The summed E-state index contributed by atoms with van der Waals surface area (Å²) < 4.78 is 10.1. The molecule has 7 heteroatoms. The molecule has 0 saturated heterocycles. The summed E-state index contributed by atoms with van der Waals surface area (Å²) in [6.07, 6.45) is 0.986. The van der Waals surface area contributed by atoms with Gasteiger partial charge in [-0.2, -0.15) is 0 Å². The first-order valence-electron chi connectivity index (χ1n) is 6.68. The fourth-order valence-electron chi connectivity index (χ4n) is 1.59. The van der Waals surface area contributed by atoms with Crippen molar-refractivity contribution in [3.05, 3.63) is 18.1 Å². The van der Waals surface area contributed by atoms with Crippen molar-refractivity contribution in [3.63, 3.8) is 0 Å². The molecular weight excluding hydrogens is 272 g/mol. The van der Waals surface area contributed by atoms with Crippen LogP contribution in [0.1, 0.15) is 26.5 Å². The van der Waals surface area contributed by atoms with E-state index in [9.17, 15) is 4.79 Å². The van der Waals surface area contributed by atoms with Crippen LogP contribution in [0, 0.1) is 0 Å². The quantitative estimate of drug-likeness (QED) is 0.839. The zero-order chi connectivity index (χ0) is 16.0. The lowest BCUT2D eigenvalue weighted by molar-refractivity contribution is -0.108. The molecule has 1 heterocycles. The van der Waals surface area contributed by atoms with Gasteiger partial charge in [0.25, 0.3) is 0 Å². The minimum Gasteiger partial charge on any atom is -0.354 e. The number of ether oxygens (including phenoxy) is 2. The van der Waals surface area contributed by atoms with Gasteiger partial charge in [-0.3, -0.25) is 5.32 Å². The molecule has 0 atom stereocenters. The van der Waals surface area contributed by atoms with Crippen molar-refractivity contribution in [2.45, 2.75) is 32.5 Å². The van der Waals surface area contributed by atoms with E-state index < -0.39 is 6.29 Å². The Kier molecular flexibility index (Phi) is 6.04. The summed E-state index contributed by atoms with van der Waals surface area (Å²) in [5.41, 5.74) is 0.757. The summed E-state index contributed by atoms with van der Waals surface area (Å²) in [5.74, 6) is 0.471. The number of nitrogens with zero attached hydrogens (tertiary/aromatic N) is 3. The maximum atomic E-state index is 12.1. The number of anilines is 1. The second-order valence-corrected chi connectivity index (χ2v) is 5.75. The van der Waals surface area contributed by atoms with Crippen molar-refractivity contribution in [3.8, 4) is 0 Å². The maximum Gasteiger partial charge on any atom is 0.322 e. The van der Waals surface area contributed by atoms with Crippen LogP contribution in [0.4, 0.5) is 10.6 Å². The van der Waals surface area contributed by atoms with Gasteiger partial charge in [-0.1, -0.05) is 20.8 Å². The molecule has 0 bridgehead atoms. The molecule has 21 heavy (non-hydrogen) atoms. The van der Waals surface area contributed by atoms with Crippen LogP contribution >= 0.6 is 0 Å². The van der Waals surface area contributed by atoms with E-state index in [0.717, 1.165) is 5.69 Å². The van der Waals surface area contributed by atoms with Gasteiger partial charge in [0.05, 0.1) is 12.2 Å². The first kappa shape index (κ1) is 17.3. The standard InChI is InChI=1S/C14H24N4O3/c1-14(2,3)10-7-11(16-9-15-10)17-13(19)18(4)8-12(20-5)21-6/h7,9,12H,8H2,1-6H3,(H,15,16,17,19). The Hall–Kier alpha value is -1.73. The summed E-state index contributed by atoms with van der Waals surface area (Å²) in [6.45, 7) is 6.47. The normalized spacial score (nSPS) is 11.6. The van der Waals surface area contributed by atoms with E-state index >= 15 is 0 Å². The van der Waals surface area contributed by atoms with Crippen LogP contribution < -0.4 is 5.32 Å². The zero-order valence-electron chi connectivity index (χ0n) is 13.5. The molecule has 0 aliphatic rings. The summed E-state index contributed by atoms with van der Waals surface area (Å²) in [4.78, 5) is 21.8. The molecule has 1 rings (SSSR count). The Balaban J connectivity index is 2.70. The van der Waals surface area contributed by atoms with E-state index in [1.807, 2.05) is 0 Å². The molecule has 2 amide bonds. The number of carbonyl (C=O) groups excluding carboxylic acids is 1. The predicted molar refractivity (Wildman–Crippen MR) is 80.2 cm³/mol. The van der Waals surface area contributed by atoms with Crippen LogP contribution in [0.2, 0.25) is 0 Å². The van der Waals surface area contributed by atoms with Crippen LogP contribution in [0.25, 0.3) is 0 Å². The Bertz CT molecular complexity index is 470. The van der Waals surface area contributed by atoms with Crippen LogP contribution in [0.3, 0.4) is 0 Å². The number of hydrogen-bond donors (Lipinski definition) is 1. The molecule has 0 fully saturated rings. The highest BCUT2D eigenvalue weighted by atomic mass is 16.7. The van der Waals surface area contributed by atoms with Crippen LogP contribution in [-0.4, -0.2) is 55.0 Å². The zero-order valence-corrected chi connectivity index (χ0v) is 13.5. The SMILES string of the molecule is COC(CN(C)C(=O)Nc1cc(C(C)(C)C)ncn1)OC. The second kappa shape index (κ2) is 7.33. The van der Waals surface area contributed by atoms with E-state index in [2.05, 4.69) is 36.1 Å². The van der Waals surface area contributed by atoms with Crippen LogP contribution in [0.15, 0.2) is 12.4 Å². The third-order valence-corrected chi connectivity index (χ3v) is 2.97. The fourth-order valence-corrected chi connectivity index (χ4v) is 1.59. The molecule has 1 N–H and O–H groups in total. The van der Waals surface area contributed by atoms with Crippen molar-refractivity contribution >= 4 is 11.8 Å². The Labute approximate surface area is 125 Å². The highest BCUT2D eigenvalue weighted by Gasteiger charge is 2.18. The number of nitrogens with one attached hydrogen (secondary N) is 1. The lowest BCUT2D eigenvalue weighted by Crippen LogP contribution is -2.38. The van der Waals surface area contributed by atoms with Gasteiger partial charge < -0.3 is 14.4 Å². The van der Waals surface area contributed by atoms with Gasteiger partial charge >= 0.3 is 6.03 Å². The van der Waals surface area contributed by atoms with E-state index in [1.165, 1.54) is 25.4 Å². The van der Waals surface area contributed by atoms with Crippen molar-refractivity contribution in [2.24, 2.45) is 0 Å². The average molecular weight is 296 g/mol. The monoisotopic (exact) mass is 296 g/mol. The lowest BCUT2D eigenvalue weighted by Gasteiger charge is -2.23. The summed E-state index contributed by atoms with van der Waals surface area (Å²) in [6, 6.07) is 1.49. The van der Waals surface area contributed by atoms with Crippen molar-refractivity contribution < 1.29 is 14.3 Å². The fraction of sp³-hybridized carbons (Fsp3) is 0.643. The molecule has 7 nitrogen and oxygen atoms in total. The summed E-state index contributed by atoms with van der Waals surface area (Å²) in [5, 5.41) is 2.73. The topological polar surface area (TPSA) is 76.6 Å². The van der Waals surface area contributed by atoms with Gasteiger partial charge in [0.1, 0.15) is 12.1 Å². The lowest BCUT2D eigenvalue weighted by atomic mass is 9.92. The van der Waals surface area contributed by atoms with Gasteiger partial charge in [0.2, 0.25) is 0 Å². The number of urea groups is 1. The highest BCUT2D eigenvalue weighted by molar-refractivity contribution is 5.88. The summed E-state index contributed by atoms with van der Waals surface area (Å²) >= 11 is 0. The predicted octanol–water partition coefficient (Wildman–Crippen LogP) is 1.86. The van der Waals surface area contributed by atoms with Gasteiger partial charge in [0, 0.05) is 32.7 Å². The summed E-state index contributed by atoms with van der Waals surface area (Å²) in [7, 11) is 4.71. The second-order valence-electron chi connectivity index (χ2n) is 5.75. The number of likely N-dealkylation sites (N-methyl/N-ethyl adjacent to an activating group) is 1.